The van der Waals surface area contributed by atoms with E-state index in [9.17, 15) is 4.79 Å². The van der Waals surface area contributed by atoms with Gasteiger partial charge in [0.1, 0.15) is 12.4 Å². The summed E-state index contributed by atoms with van der Waals surface area (Å²) < 4.78 is 7.03. The Balaban J connectivity index is 0.00000261. The van der Waals surface area contributed by atoms with Gasteiger partial charge in [-0.15, -0.1) is 24.0 Å². The average Bonchev–Trinajstić information content (AvgIpc) is 3.07. The van der Waals surface area contributed by atoms with E-state index in [1.165, 1.54) is 6.42 Å². The van der Waals surface area contributed by atoms with Crippen LogP contribution in [0.25, 0.3) is 0 Å². The lowest BCUT2D eigenvalue weighted by Gasteiger charge is -2.28. The van der Waals surface area contributed by atoms with Crippen LogP contribution >= 0.6 is 24.0 Å². The van der Waals surface area contributed by atoms with Gasteiger partial charge >= 0.3 is 0 Å². The van der Waals surface area contributed by atoms with Crippen LogP contribution in [0.1, 0.15) is 37.3 Å². The highest BCUT2D eigenvalue weighted by molar-refractivity contribution is 14.0. The third-order valence-corrected chi connectivity index (χ3v) is 4.86. The van der Waals surface area contributed by atoms with Crippen molar-refractivity contribution in [3.63, 3.8) is 0 Å². The number of fused-ring (bicyclic) bond motifs is 1. The standard InChI is InChI=1S/C17H29N7O2.HI/c1-18-17(19-10-16(25)23-8-4-3-5-9-23)20-13-6-7-15-21-14(12-26-2)22-24(15)11-13;/h13H,3-12H2,1-2H3,(H2,18,19,20);1H. The molecule has 0 saturated carbocycles. The van der Waals surface area contributed by atoms with Gasteiger partial charge in [0.2, 0.25) is 5.91 Å². The van der Waals surface area contributed by atoms with Crippen molar-refractivity contribution in [2.75, 3.05) is 33.8 Å². The predicted octanol–water partition coefficient (Wildman–Crippen LogP) is 0.535. The lowest BCUT2D eigenvalue weighted by atomic mass is 10.1. The molecule has 1 aromatic rings. The van der Waals surface area contributed by atoms with Gasteiger partial charge in [0.05, 0.1) is 13.1 Å². The number of aliphatic imine (C=N–C) groups is 1. The van der Waals surface area contributed by atoms with Gasteiger partial charge < -0.3 is 20.3 Å². The van der Waals surface area contributed by atoms with E-state index in [2.05, 4.69) is 25.7 Å². The fourth-order valence-electron chi connectivity index (χ4n) is 3.47. The molecule has 3 rings (SSSR count). The number of carbonyl (C=O) groups is 1. The van der Waals surface area contributed by atoms with E-state index in [4.69, 9.17) is 4.74 Å². The molecule has 1 unspecified atom stereocenters. The lowest BCUT2D eigenvalue weighted by molar-refractivity contribution is -0.130. The second kappa shape index (κ2) is 10.8. The Morgan fingerprint density at radius 2 is 2.11 bits per heavy atom. The summed E-state index contributed by atoms with van der Waals surface area (Å²) in [5.74, 6) is 2.51. The molecule has 0 radical (unpaired) electrons. The minimum absolute atomic E-state index is 0. The summed E-state index contributed by atoms with van der Waals surface area (Å²) in [6.07, 6.45) is 5.24. The zero-order valence-corrected chi connectivity index (χ0v) is 18.4. The molecule has 0 aliphatic carbocycles. The van der Waals surface area contributed by atoms with E-state index in [0.29, 0.717) is 12.6 Å². The Morgan fingerprint density at radius 1 is 1.33 bits per heavy atom. The van der Waals surface area contributed by atoms with E-state index in [1.807, 2.05) is 9.58 Å². The number of aryl methyl sites for hydroxylation is 1. The highest BCUT2D eigenvalue weighted by atomic mass is 127. The summed E-state index contributed by atoms with van der Waals surface area (Å²) in [4.78, 5) is 23.0. The Morgan fingerprint density at radius 3 is 2.81 bits per heavy atom. The molecule has 2 N–H and O–H groups in total. The summed E-state index contributed by atoms with van der Waals surface area (Å²) in [5, 5.41) is 11.0. The molecule has 0 bridgehead atoms. The molecule has 9 nitrogen and oxygen atoms in total. The zero-order valence-electron chi connectivity index (χ0n) is 16.1. The van der Waals surface area contributed by atoms with Crippen LogP contribution < -0.4 is 10.6 Å². The summed E-state index contributed by atoms with van der Waals surface area (Å²) in [5.41, 5.74) is 0. The number of guanidine groups is 1. The van der Waals surface area contributed by atoms with Crippen LogP contribution in [0.3, 0.4) is 0 Å². The predicted molar refractivity (Wildman–Crippen MR) is 113 cm³/mol. The average molecular weight is 491 g/mol. The van der Waals surface area contributed by atoms with Gasteiger partial charge in [0.25, 0.3) is 0 Å². The second-order valence-electron chi connectivity index (χ2n) is 6.81. The minimum Gasteiger partial charge on any atom is -0.377 e. The molecule has 1 amide bonds. The van der Waals surface area contributed by atoms with E-state index < -0.39 is 0 Å². The first kappa shape index (κ1) is 21.9. The molecule has 1 aromatic heterocycles. The molecule has 152 valence electrons. The molecular formula is C17H30IN7O2. The number of amides is 1. The number of aromatic nitrogens is 3. The highest BCUT2D eigenvalue weighted by Crippen LogP contribution is 2.13. The number of likely N-dealkylation sites (tertiary alicyclic amines) is 1. The van der Waals surface area contributed by atoms with Crippen LogP contribution in [0, 0.1) is 0 Å². The van der Waals surface area contributed by atoms with Gasteiger partial charge in [-0.3, -0.25) is 9.79 Å². The molecule has 3 heterocycles. The molecule has 1 fully saturated rings. The molecule has 1 atom stereocenters. The lowest BCUT2D eigenvalue weighted by Crippen LogP contribution is -2.50. The first-order chi connectivity index (χ1) is 12.7. The zero-order chi connectivity index (χ0) is 18.4. The molecular weight excluding hydrogens is 461 g/mol. The van der Waals surface area contributed by atoms with Crippen molar-refractivity contribution >= 4 is 35.8 Å². The van der Waals surface area contributed by atoms with Crippen LogP contribution in [0.4, 0.5) is 0 Å². The Labute approximate surface area is 177 Å². The molecule has 2 aliphatic rings. The minimum atomic E-state index is 0. The summed E-state index contributed by atoms with van der Waals surface area (Å²) in [7, 11) is 3.37. The van der Waals surface area contributed by atoms with Crippen molar-refractivity contribution in [1.82, 2.24) is 30.3 Å². The fraction of sp³-hybridized carbons (Fsp3) is 0.765. The van der Waals surface area contributed by atoms with Crippen LogP contribution in [0.2, 0.25) is 0 Å². The first-order valence-electron chi connectivity index (χ1n) is 9.36. The van der Waals surface area contributed by atoms with E-state index >= 15 is 0 Å². The smallest absolute Gasteiger partial charge is 0.241 e. The van der Waals surface area contributed by atoms with Crippen molar-refractivity contribution in [3.05, 3.63) is 11.6 Å². The van der Waals surface area contributed by atoms with Crippen LogP contribution in [0.5, 0.6) is 0 Å². The van der Waals surface area contributed by atoms with Crippen molar-refractivity contribution in [2.45, 2.75) is 51.3 Å². The van der Waals surface area contributed by atoms with Crippen molar-refractivity contribution < 1.29 is 9.53 Å². The Bertz CT molecular complexity index is 643. The SMILES string of the molecule is CN=C(NCC(=O)N1CCCCC1)NC1CCc2nc(COC)nn2C1.I. The van der Waals surface area contributed by atoms with Gasteiger partial charge in [-0.2, -0.15) is 5.10 Å². The second-order valence-corrected chi connectivity index (χ2v) is 6.81. The molecule has 10 heteroatoms. The maximum absolute atomic E-state index is 12.3. The van der Waals surface area contributed by atoms with Crippen LogP contribution in [0.15, 0.2) is 4.99 Å². The molecule has 27 heavy (non-hydrogen) atoms. The van der Waals surface area contributed by atoms with Crippen LogP contribution in [-0.4, -0.2) is 71.4 Å². The number of halogens is 1. The van der Waals surface area contributed by atoms with Crippen molar-refractivity contribution in [3.8, 4) is 0 Å². The number of rotatable bonds is 5. The number of nitrogens with one attached hydrogen (secondary N) is 2. The summed E-state index contributed by atoms with van der Waals surface area (Å²) >= 11 is 0. The number of methoxy groups -OCH3 is 1. The normalized spacial score (nSPS) is 19.9. The highest BCUT2D eigenvalue weighted by Gasteiger charge is 2.23. The largest absolute Gasteiger partial charge is 0.377 e. The molecule has 1 saturated heterocycles. The van der Waals surface area contributed by atoms with Crippen LogP contribution in [-0.2, 0) is 29.1 Å². The van der Waals surface area contributed by atoms with Gasteiger partial charge in [-0.05, 0) is 25.7 Å². The fourth-order valence-corrected chi connectivity index (χ4v) is 3.47. The van der Waals surface area contributed by atoms with Crippen molar-refractivity contribution in [1.29, 1.82) is 0 Å². The molecule has 2 aliphatic heterocycles. The number of ether oxygens (including phenoxy) is 1. The number of nitrogens with zero attached hydrogens (tertiary/aromatic N) is 5. The Hall–Kier alpha value is -1.43. The monoisotopic (exact) mass is 491 g/mol. The van der Waals surface area contributed by atoms with E-state index in [-0.39, 0.29) is 42.5 Å². The first-order valence-corrected chi connectivity index (χ1v) is 9.36. The third-order valence-electron chi connectivity index (χ3n) is 4.86. The van der Waals surface area contributed by atoms with Gasteiger partial charge in [0.15, 0.2) is 11.8 Å². The number of hydrogen-bond donors (Lipinski definition) is 2. The van der Waals surface area contributed by atoms with Crippen molar-refractivity contribution in [2.24, 2.45) is 4.99 Å². The van der Waals surface area contributed by atoms with Gasteiger partial charge in [0, 0.05) is 39.7 Å². The maximum atomic E-state index is 12.3. The number of piperidine rings is 1. The van der Waals surface area contributed by atoms with E-state index in [1.54, 1.807) is 14.2 Å². The number of hydrogen-bond acceptors (Lipinski definition) is 5. The molecule has 0 spiro atoms. The third kappa shape index (κ3) is 6.03. The Kier molecular flexibility index (Phi) is 8.74. The maximum Gasteiger partial charge on any atom is 0.241 e. The van der Waals surface area contributed by atoms with Gasteiger partial charge in [-0.1, -0.05) is 0 Å². The van der Waals surface area contributed by atoms with Gasteiger partial charge in [-0.25, -0.2) is 9.67 Å². The quantitative estimate of drug-likeness (QED) is 0.355. The molecule has 0 aromatic carbocycles. The number of carbonyl (C=O) groups excluding carboxylic acids is 1. The topological polar surface area (TPSA) is 96.7 Å². The summed E-state index contributed by atoms with van der Waals surface area (Å²) in [6, 6.07) is 0.205. The van der Waals surface area contributed by atoms with E-state index in [0.717, 1.165) is 57.0 Å². The summed E-state index contributed by atoms with van der Waals surface area (Å²) in [6.45, 7) is 3.17.